The number of piperidine rings is 1. The summed E-state index contributed by atoms with van der Waals surface area (Å²) in [6.45, 7) is 7.86. The van der Waals surface area contributed by atoms with Crippen LogP contribution in [0.4, 0.5) is 5.69 Å². The Morgan fingerprint density at radius 3 is 2.42 bits per heavy atom. The van der Waals surface area contributed by atoms with Crippen LogP contribution in [0, 0.1) is 5.92 Å². The van der Waals surface area contributed by atoms with Crippen molar-refractivity contribution in [2.75, 3.05) is 50.7 Å². The molecule has 4 rings (SSSR count). The molecule has 0 radical (unpaired) electrons. The lowest BCUT2D eigenvalue weighted by molar-refractivity contribution is -0.142. The lowest BCUT2D eigenvalue weighted by Crippen LogP contribution is -2.48. The van der Waals surface area contributed by atoms with Crippen molar-refractivity contribution < 1.29 is 14.7 Å². The predicted octanol–water partition coefficient (Wildman–Crippen LogP) is 5.62. The number of rotatable bonds is 7. The third kappa shape index (κ3) is 6.57. The zero-order valence-electron chi connectivity index (χ0n) is 20.3. The smallest absolute Gasteiger partial charge is 0.306 e. The van der Waals surface area contributed by atoms with Crippen molar-refractivity contribution >= 4 is 58.6 Å². The lowest BCUT2D eigenvalue weighted by atomic mass is 9.97. The van der Waals surface area contributed by atoms with E-state index in [1.807, 2.05) is 35.2 Å². The summed E-state index contributed by atoms with van der Waals surface area (Å²) in [5.41, 5.74) is 1.78. The van der Waals surface area contributed by atoms with Crippen molar-refractivity contribution in [2.24, 2.45) is 5.92 Å². The number of carboxylic acids is 1. The third-order valence-corrected chi connectivity index (χ3v) is 8.93. The Labute approximate surface area is 226 Å². The fourth-order valence-corrected chi connectivity index (χ4v) is 6.04. The molecule has 0 atom stereocenters. The number of hydrogen-bond acceptors (Lipinski definition) is 5. The number of carbonyl (C=O) groups excluding carboxylic acids is 1. The van der Waals surface area contributed by atoms with Gasteiger partial charge < -0.3 is 19.8 Å². The number of anilines is 1. The highest BCUT2D eigenvalue weighted by atomic mass is 35.5. The average Bonchev–Trinajstić information content (AvgIpc) is 2.91. The summed E-state index contributed by atoms with van der Waals surface area (Å²) in [5.74, 6) is -0.975. The number of halogens is 2. The molecule has 0 bridgehead atoms. The molecule has 1 amide bonds. The fourth-order valence-electron chi connectivity index (χ4n) is 4.56. The number of hydrogen-bond donors (Lipinski definition) is 1. The van der Waals surface area contributed by atoms with E-state index in [0.717, 1.165) is 61.3 Å². The first-order chi connectivity index (χ1) is 17.4. The molecule has 2 heterocycles. The SMILES string of the molecule is CCN1CCN(C(=O)C=Cc2ccc(Sc3cccc(N4CCC(C(=O)O)CC4)c3)c(Cl)c2Cl)CC1. The number of benzene rings is 2. The molecule has 192 valence electrons. The Hall–Kier alpha value is -2.19. The molecular weight excluding hydrogens is 517 g/mol. The molecule has 0 unspecified atom stereocenters. The van der Waals surface area contributed by atoms with Gasteiger partial charge in [0.2, 0.25) is 5.91 Å². The minimum Gasteiger partial charge on any atom is -0.481 e. The molecule has 2 aromatic carbocycles. The average molecular weight is 549 g/mol. The molecule has 2 saturated heterocycles. The van der Waals surface area contributed by atoms with Crippen molar-refractivity contribution in [3.8, 4) is 0 Å². The minimum absolute atomic E-state index is 0.0133. The van der Waals surface area contributed by atoms with Gasteiger partial charge in [-0.2, -0.15) is 0 Å². The number of nitrogens with zero attached hydrogens (tertiary/aromatic N) is 3. The van der Waals surface area contributed by atoms with Crippen LogP contribution < -0.4 is 4.90 Å². The first-order valence-corrected chi connectivity index (χ1v) is 13.9. The van der Waals surface area contributed by atoms with Gasteiger partial charge in [-0.1, -0.05) is 54.0 Å². The van der Waals surface area contributed by atoms with Crippen LogP contribution in [0.1, 0.15) is 25.3 Å². The molecule has 0 aromatic heterocycles. The van der Waals surface area contributed by atoms with Gasteiger partial charge in [0.05, 0.1) is 16.0 Å². The van der Waals surface area contributed by atoms with Gasteiger partial charge in [0, 0.05) is 60.8 Å². The first-order valence-electron chi connectivity index (χ1n) is 12.3. The Balaban J connectivity index is 1.40. The fraction of sp³-hybridized carbons (Fsp3) is 0.407. The zero-order valence-corrected chi connectivity index (χ0v) is 22.7. The highest BCUT2D eigenvalue weighted by molar-refractivity contribution is 7.99. The molecule has 0 spiro atoms. The second-order valence-corrected chi connectivity index (χ2v) is 10.9. The number of aliphatic carboxylic acids is 1. The van der Waals surface area contributed by atoms with Crippen LogP contribution in [-0.4, -0.2) is 72.6 Å². The maximum Gasteiger partial charge on any atom is 0.306 e. The van der Waals surface area contributed by atoms with Gasteiger partial charge in [-0.25, -0.2) is 0 Å². The largest absolute Gasteiger partial charge is 0.481 e. The Kier molecular flexibility index (Phi) is 9.23. The van der Waals surface area contributed by atoms with Gasteiger partial charge in [-0.15, -0.1) is 0 Å². The van der Waals surface area contributed by atoms with Crippen molar-refractivity contribution in [3.63, 3.8) is 0 Å². The molecule has 36 heavy (non-hydrogen) atoms. The van der Waals surface area contributed by atoms with Crippen LogP contribution in [0.5, 0.6) is 0 Å². The lowest BCUT2D eigenvalue weighted by Gasteiger charge is -2.33. The van der Waals surface area contributed by atoms with Gasteiger partial charge in [-0.3, -0.25) is 9.59 Å². The molecule has 2 aliphatic rings. The van der Waals surface area contributed by atoms with E-state index in [4.69, 9.17) is 23.2 Å². The maximum atomic E-state index is 12.6. The van der Waals surface area contributed by atoms with Crippen LogP contribution >= 0.6 is 35.0 Å². The van der Waals surface area contributed by atoms with Crippen LogP contribution in [0.25, 0.3) is 6.08 Å². The van der Waals surface area contributed by atoms with Gasteiger partial charge in [0.15, 0.2) is 0 Å². The topological polar surface area (TPSA) is 64.1 Å². The van der Waals surface area contributed by atoms with Gasteiger partial charge >= 0.3 is 5.97 Å². The normalized spacial score (nSPS) is 17.6. The van der Waals surface area contributed by atoms with Crippen LogP contribution in [0.15, 0.2) is 52.3 Å². The predicted molar refractivity (Wildman–Crippen MR) is 147 cm³/mol. The standard InChI is InChI=1S/C27H31Cl2N3O3S/c1-2-30-14-16-32(17-15-30)24(33)9-7-19-6-8-23(26(29)25(19)28)36-22-5-3-4-21(18-22)31-12-10-20(11-13-31)27(34)35/h3-9,18,20H,2,10-17H2,1H3,(H,34,35). The molecule has 9 heteroatoms. The van der Waals surface area contributed by atoms with E-state index in [0.29, 0.717) is 28.5 Å². The maximum absolute atomic E-state index is 12.6. The summed E-state index contributed by atoms with van der Waals surface area (Å²) >= 11 is 14.7. The molecule has 2 fully saturated rings. The summed E-state index contributed by atoms with van der Waals surface area (Å²) < 4.78 is 0. The Bertz CT molecular complexity index is 1130. The van der Waals surface area contributed by atoms with Crippen molar-refractivity contribution in [2.45, 2.75) is 29.6 Å². The molecule has 1 N–H and O–H groups in total. The second kappa shape index (κ2) is 12.4. The second-order valence-electron chi connectivity index (χ2n) is 9.07. The number of likely N-dealkylation sites (N-methyl/N-ethyl adjacent to an activating group) is 1. The summed E-state index contributed by atoms with van der Waals surface area (Å²) in [5, 5.41) is 10.1. The number of piperazine rings is 1. The number of carboxylic acid groups (broad SMARTS) is 1. The van der Waals surface area contributed by atoms with E-state index in [2.05, 4.69) is 22.8 Å². The molecule has 2 aromatic rings. The van der Waals surface area contributed by atoms with E-state index >= 15 is 0 Å². The highest BCUT2D eigenvalue weighted by Crippen LogP contribution is 2.40. The monoisotopic (exact) mass is 547 g/mol. The quantitative estimate of drug-likeness (QED) is 0.453. The van der Waals surface area contributed by atoms with Crippen LogP contribution in [0.3, 0.4) is 0 Å². The summed E-state index contributed by atoms with van der Waals surface area (Å²) in [6.07, 6.45) is 4.61. The van der Waals surface area contributed by atoms with E-state index < -0.39 is 5.97 Å². The zero-order chi connectivity index (χ0) is 25.7. The van der Waals surface area contributed by atoms with E-state index in [9.17, 15) is 14.7 Å². The minimum atomic E-state index is -0.706. The number of carbonyl (C=O) groups is 2. The summed E-state index contributed by atoms with van der Waals surface area (Å²) in [4.78, 5) is 32.1. The Morgan fingerprint density at radius 2 is 1.75 bits per heavy atom. The van der Waals surface area contributed by atoms with Crippen LogP contribution in [-0.2, 0) is 9.59 Å². The van der Waals surface area contributed by atoms with Gasteiger partial charge in [-0.05, 0) is 55.3 Å². The van der Waals surface area contributed by atoms with E-state index in [1.54, 1.807) is 12.2 Å². The van der Waals surface area contributed by atoms with E-state index in [1.165, 1.54) is 11.8 Å². The van der Waals surface area contributed by atoms with Gasteiger partial charge in [0.1, 0.15) is 0 Å². The van der Waals surface area contributed by atoms with Crippen LogP contribution in [0.2, 0.25) is 10.0 Å². The molecular formula is C27H31Cl2N3O3S. The Morgan fingerprint density at radius 1 is 1.03 bits per heavy atom. The third-order valence-electron chi connectivity index (χ3n) is 6.87. The van der Waals surface area contributed by atoms with E-state index in [-0.39, 0.29) is 11.8 Å². The van der Waals surface area contributed by atoms with Crippen molar-refractivity contribution in [1.29, 1.82) is 0 Å². The molecule has 0 aliphatic carbocycles. The molecule has 6 nitrogen and oxygen atoms in total. The summed E-state index contributed by atoms with van der Waals surface area (Å²) in [6, 6.07) is 12.0. The van der Waals surface area contributed by atoms with Gasteiger partial charge in [0.25, 0.3) is 0 Å². The first kappa shape index (κ1) is 26.9. The van der Waals surface area contributed by atoms with Crippen molar-refractivity contribution in [1.82, 2.24) is 9.80 Å². The molecule has 2 aliphatic heterocycles. The summed E-state index contributed by atoms with van der Waals surface area (Å²) in [7, 11) is 0. The molecule has 0 saturated carbocycles. The highest BCUT2D eigenvalue weighted by Gasteiger charge is 2.25. The number of amides is 1. The van der Waals surface area contributed by atoms with Crippen molar-refractivity contribution in [3.05, 3.63) is 58.1 Å².